The molecule has 20 heavy (non-hydrogen) atoms. The average Bonchev–Trinajstić information content (AvgIpc) is 3.04. The van der Waals surface area contributed by atoms with Crippen LogP contribution in [-0.4, -0.2) is 45.0 Å². The summed E-state index contributed by atoms with van der Waals surface area (Å²) < 4.78 is 30.9. The fourth-order valence-corrected chi connectivity index (χ4v) is 4.02. The van der Waals surface area contributed by atoms with E-state index in [-0.39, 0.29) is 28.4 Å². The molecule has 0 aromatic carbocycles. The highest BCUT2D eigenvalue weighted by molar-refractivity contribution is 7.91. The van der Waals surface area contributed by atoms with Crippen LogP contribution >= 0.6 is 11.3 Å². The van der Waals surface area contributed by atoms with E-state index in [1.54, 1.807) is 0 Å². The molecule has 1 aliphatic rings. The zero-order chi connectivity index (χ0) is 14.8. The van der Waals surface area contributed by atoms with E-state index < -0.39 is 16.0 Å². The van der Waals surface area contributed by atoms with Gasteiger partial charge in [0.05, 0.1) is 12.6 Å². The van der Waals surface area contributed by atoms with Crippen molar-refractivity contribution in [1.29, 1.82) is 0 Å². The average molecular weight is 319 g/mol. The number of nitrogens with one attached hydrogen (secondary N) is 2. The van der Waals surface area contributed by atoms with Crippen molar-refractivity contribution >= 4 is 33.2 Å². The smallest absolute Gasteiger partial charge is 0.358 e. The van der Waals surface area contributed by atoms with Gasteiger partial charge < -0.3 is 10.1 Å². The SMILES string of the molecule is COC(=O)c1ncsc1S(=O)(=O)NCC1CCC(=O)N1. The van der Waals surface area contributed by atoms with Crippen molar-refractivity contribution in [2.24, 2.45) is 0 Å². The number of hydrogen-bond donors (Lipinski definition) is 2. The molecule has 2 heterocycles. The first-order chi connectivity index (χ1) is 9.44. The molecule has 0 aliphatic carbocycles. The number of methoxy groups -OCH3 is 1. The van der Waals surface area contributed by atoms with E-state index in [2.05, 4.69) is 19.8 Å². The lowest BCUT2D eigenvalue weighted by molar-refractivity contribution is -0.119. The van der Waals surface area contributed by atoms with Crippen LogP contribution in [0, 0.1) is 0 Å². The van der Waals surface area contributed by atoms with Crippen molar-refractivity contribution in [1.82, 2.24) is 15.0 Å². The number of hydrogen-bond acceptors (Lipinski definition) is 7. The number of aromatic nitrogens is 1. The van der Waals surface area contributed by atoms with Crippen molar-refractivity contribution in [2.75, 3.05) is 13.7 Å². The number of carbonyl (C=O) groups excluding carboxylic acids is 2. The first-order valence-corrected chi connectivity index (χ1v) is 8.11. The lowest BCUT2D eigenvalue weighted by Gasteiger charge is -2.11. The van der Waals surface area contributed by atoms with Crippen LogP contribution in [0.5, 0.6) is 0 Å². The Kier molecular flexibility index (Phi) is 4.35. The van der Waals surface area contributed by atoms with Gasteiger partial charge >= 0.3 is 5.97 Å². The molecule has 2 rings (SSSR count). The molecule has 0 spiro atoms. The van der Waals surface area contributed by atoms with Crippen LogP contribution in [0.1, 0.15) is 23.3 Å². The summed E-state index contributed by atoms with van der Waals surface area (Å²) in [6.45, 7) is 0.0760. The minimum Gasteiger partial charge on any atom is -0.464 e. The second kappa shape index (κ2) is 5.85. The van der Waals surface area contributed by atoms with Gasteiger partial charge in [0.1, 0.15) is 0 Å². The van der Waals surface area contributed by atoms with Crippen molar-refractivity contribution in [3.8, 4) is 0 Å². The maximum atomic E-state index is 12.1. The third kappa shape index (κ3) is 3.14. The lowest BCUT2D eigenvalue weighted by Crippen LogP contribution is -2.38. The van der Waals surface area contributed by atoms with E-state index in [0.717, 1.165) is 18.4 Å². The van der Waals surface area contributed by atoms with E-state index in [1.165, 1.54) is 5.51 Å². The number of ether oxygens (including phenoxy) is 1. The van der Waals surface area contributed by atoms with Crippen LogP contribution in [0.3, 0.4) is 0 Å². The van der Waals surface area contributed by atoms with Crippen LogP contribution in [0.4, 0.5) is 0 Å². The van der Waals surface area contributed by atoms with Gasteiger partial charge in [-0.2, -0.15) is 0 Å². The van der Waals surface area contributed by atoms with Crippen LogP contribution in [0.15, 0.2) is 9.72 Å². The number of carbonyl (C=O) groups is 2. The fourth-order valence-electron chi connectivity index (χ4n) is 1.77. The summed E-state index contributed by atoms with van der Waals surface area (Å²) >= 11 is 0.833. The van der Waals surface area contributed by atoms with E-state index in [0.29, 0.717) is 12.8 Å². The molecule has 1 aromatic rings. The highest BCUT2D eigenvalue weighted by Gasteiger charge is 2.28. The van der Waals surface area contributed by atoms with Crippen LogP contribution < -0.4 is 10.0 Å². The Balaban J connectivity index is 2.09. The van der Waals surface area contributed by atoms with Crippen molar-refractivity contribution in [2.45, 2.75) is 23.1 Å². The van der Waals surface area contributed by atoms with E-state index in [1.807, 2.05) is 0 Å². The predicted molar refractivity (Wildman–Crippen MR) is 69.8 cm³/mol. The van der Waals surface area contributed by atoms with Gasteiger partial charge in [-0.3, -0.25) is 4.79 Å². The quantitative estimate of drug-likeness (QED) is 0.706. The maximum Gasteiger partial charge on any atom is 0.358 e. The molecule has 2 N–H and O–H groups in total. The molecule has 1 atom stereocenters. The Hall–Kier alpha value is -1.52. The largest absolute Gasteiger partial charge is 0.464 e. The van der Waals surface area contributed by atoms with Crippen molar-refractivity contribution in [3.63, 3.8) is 0 Å². The Labute approximate surface area is 119 Å². The number of sulfonamides is 1. The zero-order valence-corrected chi connectivity index (χ0v) is 12.2. The maximum absolute atomic E-state index is 12.1. The highest BCUT2D eigenvalue weighted by atomic mass is 32.2. The second-order valence-corrected chi connectivity index (χ2v) is 6.95. The fraction of sp³-hybridized carbons (Fsp3) is 0.500. The summed E-state index contributed by atoms with van der Waals surface area (Å²) in [5.74, 6) is -0.900. The number of thiazole rings is 1. The monoisotopic (exact) mass is 319 g/mol. The predicted octanol–water partition coefficient (Wildman–Crippen LogP) is -0.513. The molecule has 0 saturated carbocycles. The standard InChI is InChI=1S/C10H13N3O5S2/c1-18-9(15)8-10(19-5-11-8)20(16,17)12-4-6-2-3-7(14)13-6/h5-6,12H,2-4H2,1H3,(H,13,14). The molecule has 8 nitrogen and oxygen atoms in total. The third-order valence-electron chi connectivity index (χ3n) is 2.76. The van der Waals surface area contributed by atoms with E-state index in [4.69, 9.17) is 0 Å². The van der Waals surface area contributed by atoms with Crippen LogP contribution in [-0.2, 0) is 19.6 Å². The summed E-state index contributed by atoms with van der Waals surface area (Å²) in [5, 5.41) is 2.65. The number of esters is 1. The zero-order valence-electron chi connectivity index (χ0n) is 10.6. The van der Waals surface area contributed by atoms with E-state index >= 15 is 0 Å². The van der Waals surface area contributed by atoms with Crippen LogP contribution in [0.2, 0.25) is 0 Å². The molecule has 0 bridgehead atoms. The van der Waals surface area contributed by atoms with Gasteiger partial charge in [-0.15, -0.1) is 11.3 Å². The Morgan fingerprint density at radius 3 is 3.00 bits per heavy atom. The minimum atomic E-state index is -3.85. The topological polar surface area (TPSA) is 114 Å². The summed E-state index contributed by atoms with van der Waals surface area (Å²) in [4.78, 5) is 26.1. The van der Waals surface area contributed by atoms with Gasteiger partial charge in [0.2, 0.25) is 5.91 Å². The first kappa shape index (κ1) is 14.9. The summed E-state index contributed by atoms with van der Waals surface area (Å²) in [5.41, 5.74) is 1.03. The Morgan fingerprint density at radius 2 is 2.40 bits per heavy atom. The molecule has 1 amide bonds. The third-order valence-corrected chi connectivity index (χ3v) is 5.56. The molecule has 1 fully saturated rings. The summed E-state index contributed by atoms with van der Waals surface area (Å²) in [6, 6.07) is -0.230. The Morgan fingerprint density at radius 1 is 1.65 bits per heavy atom. The van der Waals surface area contributed by atoms with Gasteiger partial charge in [-0.25, -0.2) is 22.9 Å². The van der Waals surface area contributed by atoms with Gasteiger partial charge in [-0.1, -0.05) is 0 Å². The molecule has 10 heteroatoms. The molecule has 0 radical (unpaired) electrons. The molecule has 1 saturated heterocycles. The van der Waals surface area contributed by atoms with Crippen molar-refractivity contribution < 1.29 is 22.7 Å². The molecular weight excluding hydrogens is 306 g/mol. The van der Waals surface area contributed by atoms with Crippen molar-refractivity contribution in [3.05, 3.63) is 11.2 Å². The van der Waals surface area contributed by atoms with Crippen LogP contribution in [0.25, 0.3) is 0 Å². The molecule has 1 aliphatic heterocycles. The van der Waals surface area contributed by atoms with Gasteiger partial charge in [-0.05, 0) is 6.42 Å². The second-order valence-electron chi connectivity index (χ2n) is 4.14. The number of nitrogens with zero attached hydrogens (tertiary/aromatic N) is 1. The summed E-state index contributed by atoms with van der Waals surface area (Å²) in [7, 11) is -2.70. The molecule has 110 valence electrons. The normalized spacial score (nSPS) is 18.9. The molecular formula is C10H13N3O5S2. The van der Waals surface area contributed by atoms with Gasteiger partial charge in [0, 0.05) is 19.0 Å². The Bertz CT molecular complexity index is 625. The van der Waals surface area contributed by atoms with Gasteiger partial charge in [0.25, 0.3) is 10.0 Å². The van der Waals surface area contributed by atoms with Gasteiger partial charge in [0.15, 0.2) is 9.90 Å². The van der Waals surface area contributed by atoms with E-state index in [9.17, 15) is 18.0 Å². The molecule has 1 unspecified atom stereocenters. The lowest BCUT2D eigenvalue weighted by atomic mass is 10.2. The molecule has 1 aromatic heterocycles. The number of amides is 1. The first-order valence-electron chi connectivity index (χ1n) is 5.75. The number of rotatable bonds is 5. The highest BCUT2D eigenvalue weighted by Crippen LogP contribution is 2.20. The summed E-state index contributed by atoms with van der Waals surface area (Å²) in [6.07, 6.45) is 0.967. The minimum absolute atomic E-state index is 0.0760.